The van der Waals surface area contributed by atoms with Crippen LogP contribution in [0.2, 0.25) is 5.02 Å². The van der Waals surface area contributed by atoms with E-state index in [-0.39, 0.29) is 11.8 Å². The summed E-state index contributed by atoms with van der Waals surface area (Å²) in [6, 6.07) is 7.38. The monoisotopic (exact) mass is 400 g/mol. The molecule has 0 saturated carbocycles. The van der Waals surface area contributed by atoms with Crippen molar-refractivity contribution in [2.45, 2.75) is 38.5 Å². The van der Waals surface area contributed by atoms with Gasteiger partial charge in [0.2, 0.25) is 11.8 Å². The molecule has 1 aliphatic heterocycles. The Morgan fingerprint density at radius 3 is 2.68 bits per heavy atom. The van der Waals surface area contributed by atoms with E-state index in [0.717, 1.165) is 18.4 Å². The summed E-state index contributed by atoms with van der Waals surface area (Å²) in [6.45, 7) is 3.21. The largest absolute Gasteiger partial charge is 0.441 e. The number of aryl methyl sites for hydroxylation is 2. The van der Waals surface area contributed by atoms with Gasteiger partial charge >= 0.3 is 0 Å². The molecule has 1 amide bonds. The van der Waals surface area contributed by atoms with Crippen molar-refractivity contribution in [1.82, 2.24) is 20.0 Å². The number of likely N-dealkylation sites (tertiary alicyclic amines) is 1. The van der Waals surface area contributed by atoms with Gasteiger partial charge in [-0.25, -0.2) is 4.98 Å². The Hall–Kier alpha value is -2.67. The average Bonchev–Trinajstić information content (AvgIpc) is 3.36. The predicted molar refractivity (Wildman–Crippen MR) is 103 cm³/mol. The fourth-order valence-electron chi connectivity index (χ4n) is 3.40. The van der Waals surface area contributed by atoms with Gasteiger partial charge in [-0.05, 0) is 44.0 Å². The van der Waals surface area contributed by atoms with Gasteiger partial charge in [0.25, 0.3) is 0 Å². The Morgan fingerprint density at radius 1 is 1.25 bits per heavy atom. The van der Waals surface area contributed by atoms with Crippen molar-refractivity contribution in [3.05, 3.63) is 53.1 Å². The summed E-state index contributed by atoms with van der Waals surface area (Å²) in [4.78, 5) is 23.0. The molecule has 4 rings (SSSR count). The number of aromatic nitrogens is 3. The van der Waals surface area contributed by atoms with Crippen LogP contribution in [0, 0.1) is 6.92 Å². The molecule has 28 heavy (non-hydrogen) atoms. The van der Waals surface area contributed by atoms with Crippen LogP contribution in [0.4, 0.5) is 0 Å². The zero-order valence-electron chi connectivity index (χ0n) is 15.6. The van der Waals surface area contributed by atoms with Gasteiger partial charge in [-0.1, -0.05) is 16.8 Å². The maximum Gasteiger partial charge on any atom is 0.229 e. The molecule has 146 valence electrons. The minimum absolute atomic E-state index is 0.117. The van der Waals surface area contributed by atoms with Crippen LogP contribution in [0.3, 0.4) is 0 Å². The van der Waals surface area contributed by atoms with E-state index in [9.17, 15) is 4.79 Å². The second-order valence-corrected chi connectivity index (χ2v) is 7.40. The number of nitrogens with zero attached hydrogens (tertiary/aromatic N) is 4. The number of amides is 1. The first-order valence-corrected chi connectivity index (χ1v) is 9.75. The molecule has 3 heterocycles. The number of rotatable bonds is 5. The number of hydrogen-bond donors (Lipinski definition) is 0. The van der Waals surface area contributed by atoms with Crippen LogP contribution in [0.5, 0.6) is 0 Å². The van der Waals surface area contributed by atoms with E-state index in [1.807, 2.05) is 36.1 Å². The number of piperidine rings is 1. The number of oxazole rings is 1. The third kappa shape index (κ3) is 4.25. The lowest BCUT2D eigenvalue weighted by Gasteiger charge is -2.30. The minimum atomic E-state index is 0.117. The summed E-state index contributed by atoms with van der Waals surface area (Å²) in [6.07, 6.45) is 4.22. The SMILES string of the molecule is Cc1noc(C2CCN(C(=O)CCc3ncc(-c4ccc(Cl)cc4)o3)CC2)n1. The number of carbonyl (C=O) groups is 1. The normalized spacial score (nSPS) is 15.1. The number of halogens is 1. The lowest BCUT2D eigenvalue weighted by atomic mass is 9.96. The van der Waals surface area contributed by atoms with E-state index >= 15 is 0 Å². The number of benzene rings is 1. The average molecular weight is 401 g/mol. The Balaban J connectivity index is 1.27. The summed E-state index contributed by atoms with van der Waals surface area (Å²) < 4.78 is 11.0. The van der Waals surface area contributed by atoms with Crippen LogP contribution >= 0.6 is 11.6 Å². The van der Waals surface area contributed by atoms with Crippen molar-refractivity contribution < 1.29 is 13.7 Å². The predicted octanol–water partition coefficient (Wildman–Crippen LogP) is 4.03. The highest BCUT2D eigenvalue weighted by molar-refractivity contribution is 6.30. The molecule has 0 aliphatic carbocycles. The van der Waals surface area contributed by atoms with Crippen LogP contribution in [0.15, 0.2) is 39.4 Å². The summed E-state index contributed by atoms with van der Waals surface area (Å²) in [5.74, 6) is 2.92. The summed E-state index contributed by atoms with van der Waals surface area (Å²) in [5, 5.41) is 4.52. The number of carbonyl (C=O) groups excluding carboxylic acids is 1. The summed E-state index contributed by atoms with van der Waals surface area (Å²) in [7, 11) is 0. The highest BCUT2D eigenvalue weighted by Gasteiger charge is 2.27. The van der Waals surface area contributed by atoms with Crippen molar-refractivity contribution in [2.24, 2.45) is 0 Å². The van der Waals surface area contributed by atoms with Gasteiger partial charge < -0.3 is 13.8 Å². The van der Waals surface area contributed by atoms with Crippen LogP contribution in [-0.2, 0) is 11.2 Å². The summed E-state index contributed by atoms with van der Waals surface area (Å²) in [5.41, 5.74) is 0.910. The molecule has 1 aliphatic rings. The van der Waals surface area contributed by atoms with Gasteiger partial charge in [0.05, 0.1) is 6.20 Å². The van der Waals surface area contributed by atoms with E-state index in [1.165, 1.54) is 0 Å². The summed E-state index contributed by atoms with van der Waals surface area (Å²) >= 11 is 5.91. The van der Waals surface area contributed by atoms with Crippen LogP contribution in [-0.4, -0.2) is 39.0 Å². The van der Waals surface area contributed by atoms with Crippen LogP contribution in [0.25, 0.3) is 11.3 Å². The fraction of sp³-hybridized carbons (Fsp3) is 0.400. The third-order valence-corrected chi connectivity index (χ3v) is 5.23. The zero-order chi connectivity index (χ0) is 19.5. The molecule has 0 radical (unpaired) electrons. The highest BCUT2D eigenvalue weighted by Crippen LogP contribution is 2.27. The highest BCUT2D eigenvalue weighted by atomic mass is 35.5. The Labute approximate surface area is 167 Å². The lowest BCUT2D eigenvalue weighted by molar-refractivity contribution is -0.132. The number of hydrogen-bond acceptors (Lipinski definition) is 6. The standard InChI is InChI=1S/C20H21ClN4O3/c1-13-23-20(28-24-13)15-8-10-25(11-9-15)19(26)7-6-18-22-12-17(27-18)14-2-4-16(21)5-3-14/h2-5,12,15H,6-11H2,1H3. The van der Waals surface area contributed by atoms with Crippen LogP contribution < -0.4 is 0 Å². The van der Waals surface area contributed by atoms with E-state index in [0.29, 0.717) is 54.3 Å². The molecule has 0 N–H and O–H groups in total. The quantitative estimate of drug-likeness (QED) is 0.642. The van der Waals surface area contributed by atoms with Crippen molar-refractivity contribution in [1.29, 1.82) is 0 Å². The molecular formula is C20H21ClN4O3. The molecule has 0 bridgehead atoms. The minimum Gasteiger partial charge on any atom is -0.441 e. The molecule has 0 unspecified atom stereocenters. The van der Waals surface area contributed by atoms with Crippen molar-refractivity contribution in [3.8, 4) is 11.3 Å². The lowest BCUT2D eigenvalue weighted by Crippen LogP contribution is -2.38. The van der Waals surface area contributed by atoms with Gasteiger partial charge in [-0.3, -0.25) is 4.79 Å². The van der Waals surface area contributed by atoms with Crippen molar-refractivity contribution in [3.63, 3.8) is 0 Å². The fourth-order valence-corrected chi connectivity index (χ4v) is 3.53. The second kappa shape index (κ2) is 8.14. The zero-order valence-corrected chi connectivity index (χ0v) is 16.4. The van der Waals surface area contributed by atoms with Crippen molar-refractivity contribution in [2.75, 3.05) is 13.1 Å². The van der Waals surface area contributed by atoms with E-state index in [2.05, 4.69) is 15.1 Å². The van der Waals surface area contributed by atoms with Crippen LogP contribution in [0.1, 0.15) is 42.8 Å². The van der Waals surface area contributed by atoms with Crippen molar-refractivity contribution >= 4 is 17.5 Å². The van der Waals surface area contributed by atoms with E-state index in [4.69, 9.17) is 20.5 Å². The van der Waals surface area contributed by atoms with Gasteiger partial charge in [0, 0.05) is 42.4 Å². The molecule has 1 saturated heterocycles. The Morgan fingerprint density at radius 2 is 2.00 bits per heavy atom. The third-order valence-electron chi connectivity index (χ3n) is 4.98. The van der Waals surface area contributed by atoms with E-state index in [1.54, 1.807) is 6.20 Å². The molecule has 0 atom stereocenters. The molecule has 8 heteroatoms. The first-order valence-electron chi connectivity index (χ1n) is 9.37. The molecule has 1 aromatic carbocycles. The van der Waals surface area contributed by atoms with Gasteiger partial charge in [-0.15, -0.1) is 0 Å². The van der Waals surface area contributed by atoms with E-state index < -0.39 is 0 Å². The Bertz CT molecular complexity index is 943. The first kappa shape index (κ1) is 18.7. The van der Waals surface area contributed by atoms with Gasteiger partial charge in [0.1, 0.15) is 0 Å². The maximum atomic E-state index is 12.5. The second-order valence-electron chi connectivity index (χ2n) is 6.96. The smallest absolute Gasteiger partial charge is 0.229 e. The first-order chi connectivity index (χ1) is 13.6. The van der Waals surface area contributed by atoms with Gasteiger partial charge in [-0.2, -0.15) is 4.98 Å². The molecule has 1 fully saturated rings. The molecule has 0 spiro atoms. The molecular weight excluding hydrogens is 380 g/mol. The topological polar surface area (TPSA) is 85.3 Å². The Kier molecular flexibility index (Phi) is 5.43. The maximum absolute atomic E-state index is 12.5. The molecule has 2 aromatic heterocycles. The molecule has 7 nitrogen and oxygen atoms in total. The van der Waals surface area contributed by atoms with Gasteiger partial charge in [0.15, 0.2) is 17.5 Å². The molecule has 3 aromatic rings.